The smallest absolute Gasteiger partial charge is 0.221 e. The number of halogens is 2. The van der Waals surface area contributed by atoms with Crippen LogP contribution in [0.3, 0.4) is 0 Å². The molecule has 1 amide bonds. The van der Waals surface area contributed by atoms with E-state index in [-0.39, 0.29) is 5.91 Å². The first-order valence-electron chi connectivity index (χ1n) is 5.54. The number of nitrogens with one attached hydrogen (secondary N) is 2. The molecule has 0 radical (unpaired) electrons. The van der Waals surface area contributed by atoms with Gasteiger partial charge >= 0.3 is 0 Å². The number of hydrogen-bond donors (Lipinski definition) is 2. The molecule has 0 aliphatic heterocycles. The zero-order valence-electron chi connectivity index (χ0n) is 9.72. The van der Waals surface area contributed by atoms with Crippen molar-refractivity contribution in [3.63, 3.8) is 0 Å². The summed E-state index contributed by atoms with van der Waals surface area (Å²) < 4.78 is 25.5. The Labute approximate surface area is 99.2 Å². The standard InChI is InChI=1S/C12H16F2N2O/c1-2-16-12(17)5-6-15-8-9-3-4-10(13)11(14)7-9/h3-4,7,15H,2,5-6,8H2,1H3,(H,16,17). The zero-order valence-corrected chi connectivity index (χ0v) is 9.72. The third-order valence-corrected chi connectivity index (χ3v) is 2.22. The normalized spacial score (nSPS) is 10.3. The maximum atomic E-state index is 12.9. The van der Waals surface area contributed by atoms with E-state index in [0.29, 0.717) is 31.6 Å². The van der Waals surface area contributed by atoms with E-state index in [1.165, 1.54) is 6.07 Å². The Kier molecular flexibility index (Phi) is 5.56. The zero-order chi connectivity index (χ0) is 12.7. The summed E-state index contributed by atoms with van der Waals surface area (Å²) in [7, 11) is 0. The molecule has 94 valence electrons. The fraction of sp³-hybridized carbons (Fsp3) is 0.417. The van der Waals surface area contributed by atoms with E-state index in [1.807, 2.05) is 6.92 Å². The summed E-state index contributed by atoms with van der Waals surface area (Å²) in [5.41, 5.74) is 0.653. The first kappa shape index (κ1) is 13.6. The Hall–Kier alpha value is -1.49. The summed E-state index contributed by atoms with van der Waals surface area (Å²) in [6.45, 7) is 3.38. The lowest BCUT2D eigenvalue weighted by atomic mass is 10.2. The van der Waals surface area contributed by atoms with Crippen LogP contribution in [0.5, 0.6) is 0 Å². The van der Waals surface area contributed by atoms with Gasteiger partial charge in [-0.05, 0) is 24.6 Å². The van der Waals surface area contributed by atoms with Gasteiger partial charge < -0.3 is 10.6 Å². The first-order valence-corrected chi connectivity index (χ1v) is 5.54. The van der Waals surface area contributed by atoms with E-state index in [1.54, 1.807) is 0 Å². The molecule has 0 unspecified atom stereocenters. The SMILES string of the molecule is CCNC(=O)CCNCc1ccc(F)c(F)c1. The highest BCUT2D eigenvalue weighted by molar-refractivity contribution is 5.75. The summed E-state index contributed by atoms with van der Waals surface area (Å²) in [5.74, 6) is -1.73. The van der Waals surface area contributed by atoms with Gasteiger partial charge in [0, 0.05) is 26.1 Å². The van der Waals surface area contributed by atoms with Crippen molar-refractivity contribution in [2.75, 3.05) is 13.1 Å². The number of hydrogen-bond acceptors (Lipinski definition) is 2. The number of rotatable bonds is 6. The van der Waals surface area contributed by atoms with Crippen molar-refractivity contribution in [2.45, 2.75) is 19.9 Å². The van der Waals surface area contributed by atoms with Crippen LogP contribution in [-0.2, 0) is 11.3 Å². The van der Waals surface area contributed by atoms with Gasteiger partial charge in [0.2, 0.25) is 5.91 Å². The van der Waals surface area contributed by atoms with Gasteiger partial charge in [0.05, 0.1) is 0 Å². The lowest BCUT2D eigenvalue weighted by molar-refractivity contribution is -0.120. The van der Waals surface area contributed by atoms with Crippen LogP contribution in [0.15, 0.2) is 18.2 Å². The van der Waals surface area contributed by atoms with E-state index in [2.05, 4.69) is 10.6 Å². The van der Waals surface area contributed by atoms with Crippen LogP contribution in [0.4, 0.5) is 8.78 Å². The highest BCUT2D eigenvalue weighted by Crippen LogP contribution is 2.08. The summed E-state index contributed by atoms with van der Waals surface area (Å²) in [6, 6.07) is 3.75. The fourth-order valence-corrected chi connectivity index (χ4v) is 1.37. The Morgan fingerprint density at radius 1 is 1.29 bits per heavy atom. The molecule has 0 heterocycles. The van der Waals surface area contributed by atoms with Crippen LogP contribution < -0.4 is 10.6 Å². The van der Waals surface area contributed by atoms with Gasteiger partial charge in [-0.25, -0.2) is 8.78 Å². The van der Waals surface area contributed by atoms with E-state index in [0.717, 1.165) is 12.1 Å². The number of benzene rings is 1. The molecule has 3 nitrogen and oxygen atoms in total. The van der Waals surface area contributed by atoms with Crippen molar-refractivity contribution in [1.82, 2.24) is 10.6 Å². The predicted molar refractivity (Wildman–Crippen MR) is 61.4 cm³/mol. The third-order valence-electron chi connectivity index (χ3n) is 2.22. The number of amides is 1. The summed E-state index contributed by atoms with van der Waals surface area (Å²) in [6.07, 6.45) is 0.373. The van der Waals surface area contributed by atoms with E-state index >= 15 is 0 Å². The lowest BCUT2D eigenvalue weighted by Crippen LogP contribution is -2.27. The van der Waals surface area contributed by atoms with Gasteiger partial charge in [-0.1, -0.05) is 6.07 Å². The molecule has 0 saturated heterocycles. The third kappa shape index (κ3) is 4.91. The molecule has 1 aromatic rings. The van der Waals surface area contributed by atoms with Gasteiger partial charge in [-0.15, -0.1) is 0 Å². The van der Waals surface area contributed by atoms with Crippen molar-refractivity contribution in [1.29, 1.82) is 0 Å². The van der Waals surface area contributed by atoms with E-state index in [4.69, 9.17) is 0 Å². The van der Waals surface area contributed by atoms with Gasteiger partial charge in [0.25, 0.3) is 0 Å². The molecule has 0 fully saturated rings. The molecule has 0 bridgehead atoms. The second-order valence-electron chi connectivity index (χ2n) is 3.63. The van der Waals surface area contributed by atoms with Gasteiger partial charge in [0.15, 0.2) is 11.6 Å². The molecule has 0 saturated carbocycles. The van der Waals surface area contributed by atoms with Gasteiger partial charge in [0.1, 0.15) is 0 Å². The lowest BCUT2D eigenvalue weighted by Gasteiger charge is -2.05. The minimum absolute atomic E-state index is 0.0229. The molecule has 1 rings (SSSR count). The fourth-order valence-electron chi connectivity index (χ4n) is 1.37. The summed E-state index contributed by atoms with van der Waals surface area (Å²) in [5, 5.41) is 5.66. The molecule has 0 aromatic heterocycles. The van der Waals surface area contributed by atoms with Crippen LogP contribution in [0, 0.1) is 11.6 Å². The second kappa shape index (κ2) is 6.96. The Morgan fingerprint density at radius 3 is 2.71 bits per heavy atom. The average molecular weight is 242 g/mol. The van der Waals surface area contributed by atoms with Crippen molar-refractivity contribution in [2.24, 2.45) is 0 Å². The number of carbonyl (C=O) groups excluding carboxylic acids is 1. The average Bonchev–Trinajstić information content (AvgIpc) is 2.29. The van der Waals surface area contributed by atoms with Crippen LogP contribution in [0.2, 0.25) is 0 Å². The van der Waals surface area contributed by atoms with Crippen molar-refractivity contribution in [3.05, 3.63) is 35.4 Å². The summed E-state index contributed by atoms with van der Waals surface area (Å²) in [4.78, 5) is 11.1. The monoisotopic (exact) mass is 242 g/mol. The molecule has 0 spiro atoms. The van der Waals surface area contributed by atoms with Gasteiger partial charge in [-0.2, -0.15) is 0 Å². The topological polar surface area (TPSA) is 41.1 Å². The highest BCUT2D eigenvalue weighted by atomic mass is 19.2. The van der Waals surface area contributed by atoms with Crippen LogP contribution in [0.1, 0.15) is 18.9 Å². The predicted octanol–water partition coefficient (Wildman–Crippen LogP) is 1.58. The minimum atomic E-state index is -0.854. The molecule has 0 aliphatic carbocycles. The van der Waals surface area contributed by atoms with Crippen molar-refractivity contribution in [3.8, 4) is 0 Å². The van der Waals surface area contributed by atoms with Crippen LogP contribution in [-0.4, -0.2) is 19.0 Å². The van der Waals surface area contributed by atoms with E-state index < -0.39 is 11.6 Å². The number of carbonyl (C=O) groups is 1. The molecule has 1 aromatic carbocycles. The molecule has 0 atom stereocenters. The minimum Gasteiger partial charge on any atom is -0.356 e. The second-order valence-corrected chi connectivity index (χ2v) is 3.63. The summed E-state index contributed by atoms with van der Waals surface area (Å²) >= 11 is 0. The highest BCUT2D eigenvalue weighted by Gasteiger charge is 2.02. The van der Waals surface area contributed by atoms with Gasteiger partial charge in [-0.3, -0.25) is 4.79 Å². The molecule has 5 heteroatoms. The van der Waals surface area contributed by atoms with Crippen LogP contribution in [0.25, 0.3) is 0 Å². The Morgan fingerprint density at radius 2 is 2.06 bits per heavy atom. The van der Waals surface area contributed by atoms with Crippen molar-refractivity contribution < 1.29 is 13.6 Å². The molecular weight excluding hydrogens is 226 g/mol. The molecule has 17 heavy (non-hydrogen) atoms. The van der Waals surface area contributed by atoms with Crippen LogP contribution >= 0.6 is 0 Å². The quantitative estimate of drug-likeness (QED) is 0.744. The molecule has 0 aliphatic rings. The maximum Gasteiger partial charge on any atom is 0.221 e. The molecular formula is C12H16F2N2O. The first-order chi connectivity index (χ1) is 8.13. The van der Waals surface area contributed by atoms with Crippen molar-refractivity contribution >= 4 is 5.91 Å². The largest absolute Gasteiger partial charge is 0.356 e. The van der Waals surface area contributed by atoms with E-state index in [9.17, 15) is 13.6 Å². The maximum absolute atomic E-state index is 12.9. The Bertz CT molecular complexity index is 383. The Balaban J connectivity index is 2.26. The molecule has 2 N–H and O–H groups in total.